The first kappa shape index (κ1) is 12.4. The van der Waals surface area contributed by atoms with Gasteiger partial charge in [0.1, 0.15) is 0 Å². The van der Waals surface area contributed by atoms with Crippen molar-refractivity contribution in [1.82, 2.24) is 5.32 Å². The summed E-state index contributed by atoms with van der Waals surface area (Å²) in [5, 5.41) is 4.62. The molecule has 2 atom stereocenters. The van der Waals surface area contributed by atoms with Crippen molar-refractivity contribution in [1.29, 1.82) is 0 Å². The zero-order valence-corrected chi connectivity index (χ0v) is 10.5. The van der Waals surface area contributed by atoms with Crippen LogP contribution in [0.1, 0.15) is 51.9 Å². The van der Waals surface area contributed by atoms with Crippen molar-refractivity contribution >= 4 is 11.8 Å². The molecule has 1 saturated carbocycles. The fraction of sp³-hybridized carbons (Fsp3) is 1.00. The molecule has 1 fully saturated rings. The molecule has 1 rings (SSSR count). The molecule has 0 aromatic carbocycles. The van der Waals surface area contributed by atoms with Gasteiger partial charge in [-0.05, 0) is 38.5 Å². The Morgan fingerprint density at radius 1 is 1.21 bits per heavy atom. The maximum Gasteiger partial charge on any atom is 0.00779 e. The molecule has 14 heavy (non-hydrogen) atoms. The summed E-state index contributed by atoms with van der Waals surface area (Å²) in [4.78, 5) is 0. The van der Waals surface area contributed by atoms with Crippen molar-refractivity contribution in [3.8, 4) is 0 Å². The van der Waals surface area contributed by atoms with Gasteiger partial charge in [-0.2, -0.15) is 11.8 Å². The third-order valence-electron chi connectivity index (χ3n) is 3.18. The Balaban J connectivity index is 1.92. The van der Waals surface area contributed by atoms with Gasteiger partial charge in [0.2, 0.25) is 0 Å². The van der Waals surface area contributed by atoms with Gasteiger partial charge in [-0.15, -0.1) is 0 Å². The summed E-state index contributed by atoms with van der Waals surface area (Å²) >= 11 is 2.04. The average molecular weight is 215 g/mol. The fourth-order valence-electron chi connectivity index (χ4n) is 2.20. The van der Waals surface area contributed by atoms with E-state index in [4.69, 9.17) is 0 Å². The molecule has 0 amide bonds. The molecule has 2 unspecified atom stereocenters. The smallest absolute Gasteiger partial charge is 0.00779 e. The molecule has 1 nitrogen and oxygen atoms in total. The second-order valence-corrected chi connectivity index (χ2v) is 5.52. The molecular formula is C12H25NS. The summed E-state index contributed by atoms with van der Waals surface area (Å²) in [6.07, 6.45) is 12.0. The van der Waals surface area contributed by atoms with Crippen molar-refractivity contribution < 1.29 is 0 Å². The lowest BCUT2D eigenvalue weighted by Crippen LogP contribution is -2.27. The Morgan fingerprint density at radius 2 is 2.07 bits per heavy atom. The van der Waals surface area contributed by atoms with Crippen LogP contribution >= 0.6 is 11.8 Å². The van der Waals surface area contributed by atoms with Crippen LogP contribution in [0.3, 0.4) is 0 Å². The molecule has 1 aliphatic rings. The molecule has 0 bridgehead atoms. The van der Waals surface area contributed by atoms with Crippen LogP contribution < -0.4 is 5.32 Å². The minimum atomic E-state index is 0.828. The second-order valence-electron chi connectivity index (χ2n) is 4.38. The first-order valence-corrected chi connectivity index (χ1v) is 7.41. The molecule has 0 saturated heterocycles. The molecule has 0 aliphatic heterocycles. The molecule has 1 aliphatic carbocycles. The summed E-state index contributed by atoms with van der Waals surface area (Å²) < 4.78 is 0. The van der Waals surface area contributed by atoms with Crippen LogP contribution in [0, 0.1) is 0 Å². The van der Waals surface area contributed by atoms with Crippen LogP contribution in [-0.4, -0.2) is 24.1 Å². The van der Waals surface area contributed by atoms with Crippen LogP contribution in [0.2, 0.25) is 0 Å². The Morgan fingerprint density at radius 3 is 2.71 bits per heavy atom. The summed E-state index contributed by atoms with van der Waals surface area (Å²) in [6.45, 7) is 3.51. The van der Waals surface area contributed by atoms with Gasteiger partial charge in [0, 0.05) is 11.3 Å². The van der Waals surface area contributed by atoms with Crippen LogP contribution in [0.4, 0.5) is 0 Å². The molecule has 84 valence electrons. The number of unbranched alkanes of at least 4 members (excludes halogenated alkanes) is 3. The molecule has 0 radical (unpaired) electrons. The Bertz CT molecular complexity index is 138. The normalized spacial score (nSPS) is 27.0. The average Bonchev–Trinajstić information content (AvgIpc) is 2.65. The van der Waals surface area contributed by atoms with Crippen molar-refractivity contribution in [2.45, 2.75) is 63.2 Å². The SMILES string of the molecule is CCCCCCNC1CCC(SC)C1. The molecule has 2 heteroatoms. The van der Waals surface area contributed by atoms with Gasteiger partial charge in [0.05, 0.1) is 0 Å². The van der Waals surface area contributed by atoms with E-state index in [1.807, 2.05) is 11.8 Å². The van der Waals surface area contributed by atoms with Crippen molar-refractivity contribution in [2.75, 3.05) is 12.8 Å². The van der Waals surface area contributed by atoms with Crippen LogP contribution in [0.5, 0.6) is 0 Å². The van der Waals surface area contributed by atoms with E-state index in [-0.39, 0.29) is 0 Å². The lowest BCUT2D eigenvalue weighted by molar-refractivity contribution is 0.503. The van der Waals surface area contributed by atoms with E-state index in [0.29, 0.717) is 0 Å². The first-order valence-electron chi connectivity index (χ1n) is 6.13. The van der Waals surface area contributed by atoms with Crippen molar-refractivity contribution in [3.63, 3.8) is 0 Å². The standard InChI is InChI=1S/C12H25NS/c1-3-4-5-6-9-13-11-7-8-12(10-11)14-2/h11-13H,3-10H2,1-2H3. The van der Waals surface area contributed by atoms with E-state index in [2.05, 4.69) is 18.5 Å². The van der Waals surface area contributed by atoms with E-state index in [1.165, 1.54) is 51.5 Å². The molecular weight excluding hydrogens is 190 g/mol. The number of nitrogens with one attached hydrogen (secondary N) is 1. The summed E-state index contributed by atoms with van der Waals surface area (Å²) in [7, 11) is 0. The third-order valence-corrected chi connectivity index (χ3v) is 4.28. The van der Waals surface area contributed by atoms with Crippen LogP contribution in [0.25, 0.3) is 0 Å². The fourth-order valence-corrected chi connectivity index (χ4v) is 2.99. The number of hydrogen-bond donors (Lipinski definition) is 1. The van der Waals surface area contributed by atoms with Gasteiger partial charge in [0.25, 0.3) is 0 Å². The summed E-state index contributed by atoms with van der Waals surface area (Å²) in [6, 6.07) is 0.828. The Hall–Kier alpha value is 0.310. The quantitative estimate of drug-likeness (QED) is 0.653. The minimum absolute atomic E-state index is 0.828. The summed E-state index contributed by atoms with van der Waals surface area (Å²) in [5.74, 6) is 0. The van der Waals surface area contributed by atoms with Gasteiger partial charge < -0.3 is 5.32 Å². The highest BCUT2D eigenvalue weighted by Gasteiger charge is 2.22. The highest BCUT2D eigenvalue weighted by Crippen LogP contribution is 2.27. The lowest BCUT2D eigenvalue weighted by Gasteiger charge is -2.12. The largest absolute Gasteiger partial charge is 0.314 e. The van der Waals surface area contributed by atoms with E-state index in [0.717, 1.165) is 11.3 Å². The Labute approximate surface area is 93.4 Å². The zero-order valence-electron chi connectivity index (χ0n) is 9.72. The van der Waals surface area contributed by atoms with Gasteiger partial charge in [-0.3, -0.25) is 0 Å². The number of rotatable bonds is 7. The van der Waals surface area contributed by atoms with Crippen molar-refractivity contribution in [3.05, 3.63) is 0 Å². The topological polar surface area (TPSA) is 12.0 Å². The number of thioether (sulfide) groups is 1. The van der Waals surface area contributed by atoms with E-state index >= 15 is 0 Å². The highest BCUT2D eigenvalue weighted by molar-refractivity contribution is 7.99. The molecule has 1 N–H and O–H groups in total. The second kappa shape index (κ2) is 7.58. The molecule has 0 spiro atoms. The minimum Gasteiger partial charge on any atom is -0.314 e. The van der Waals surface area contributed by atoms with E-state index in [9.17, 15) is 0 Å². The van der Waals surface area contributed by atoms with Crippen LogP contribution in [0.15, 0.2) is 0 Å². The van der Waals surface area contributed by atoms with E-state index in [1.54, 1.807) is 0 Å². The van der Waals surface area contributed by atoms with E-state index < -0.39 is 0 Å². The highest BCUT2D eigenvalue weighted by atomic mass is 32.2. The van der Waals surface area contributed by atoms with Crippen molar-refractivity contribution in [2.24, 2.45) is 0 Å². The lowest BCUT2D eigenvalue weighted by atomic mass is 10.2. The monoisotopic (exact) mass is 215 g/mol. The van der Waals surface area contributed by atoms with Crippen LogP contribution in [-0.2, 0) is 0 Å². The van der Waals surface area contributed by atoms with Gasteiger partial charge in [-0.25, -0.2) is 0 Å². The maximum absolute atomic E-state index is 3.69. The Kier molecular flexibility index (Phi) is 6.70. The molecule has 0 aromatic rings. The zero-order chi connectivity index (χ0) is 10.2. The molecule has 0 heterocycles. The predicted molar refractivity (Wildman–Crippen MR) is 67.1 cm³/mol. The van der Waals surface area contributed by atoms with Gasteiger partial charge in [0.15, 0.2) is 0 Å². The third kappa shape index (κ3) is 4.70. The van der Waals surface area contributed by atoms with Gasteiger partial charge in [-0.1, -0.05) is 26.2 Å². The predicted octanol–water partition coefficient (Wildman–Crippen LogP) is 3.44. The summed E-state index contributed by atoms with van der Waals surface area (Å²) in [5.41, 5.74) is 0. The maximum atomic E-state index is 3.69. The van der Waals surface area contributed by atoms with Gasteiger partial charge >= 0.3 is 0 Å². The first-order chi connectivity index (χ1) is 6.86. The number of hydrogen-bond acceptors (Lipinski definition) is 2. The molecule has 0 aromatic heterocycles.